The molecule has 2 aromatic rings. The molecule has 0 aliphatic rings. The third-order valence-electron chi connectivity index (χ3n) is 3.79. The van der Waals surface area contributed by atoms with Crippen LogP contribution in [-0.2, 0) is 22.9 Å². The summed E-state index contributed by atoms with van der Waals surface area (Å²) in [7, 11) is 0.529. The van der Waals surface area contributed by atoms with E-state index in [1.807, 2.05) is 43.3 Å². The molecule has 0 amide bonds. The molecule has 0 saturated carbocycles. The van der Waals surface area contributed by atoms with Gasteiger partial charge in [0.2, 0.25) is 10.0 Å². The fraction of sp³-hybridized carbons (Fsp3) is 0.333. The molecule has 130 valence electrons. The zero-order chi connectivity index (χ0) is 17.6. The molecular weight excluding hydrogens is 327 g/mol. The Hall–Kier alpha value is -1.92. The molecule has 0 aliphatic carbocycles. The summed E-state index contributed by atoms with van der Waals surface area (Å²) in [5.74, 6) is -0.485. The second-order valence-electron chi connectivity index (χ2n) is 5.87. The molecule has 0 spiro atoms. The fourth-order valence-corrected chi connectivity index (χ4v) is 3.38. The van der Waals surface area contributed by atoms with Crippen molar-refractivity contribution in [3.63, 3.8) is 0 Å². The van der Waals surface area contributed by atoms with Crippen molar-refractivity contribution in [1.82, 2.24) is 4.72 Å². The van der Waals surface area contributed by atoms with E-state index in [2.05, 4.69) is 4.72 Å². The van der Waals surface area contributed by atoms with Crippen LogP contribution in [0.3, 0.4) is 0 Å². The van der Waals surface area contributed by atoms with Gasteiger partial charge < -0.3 is 4.90 Å². The number of hydrogen-bond donors (Lipinski definition) is 1. The van der Waals surface area contributed by atoms with Crippen molar-refractivity contribution in [3.8, 4) is 0 Å². The number of hydrogen-bond acceptors (Lipinski definition) is 3. The lowest BCUT2D eigenvalue weighted by atomic mass is 10.1. The summed E-state index contributed by atoms with van der Waals surface area (Å²) in [5, 5.41) is 0. The maximum Gasteiger partial charge on any atom is 0.211 e. The van der Waals surface area contributed by atoms with Crippen LogP contribution < -0.4 is 9.62 Å². The number of sulfonamides is 1. The highest BCUT2D eigenvalue weighted by molar-refractivity contribution is 7.89. The largest absolute Gasteiger partial charge is 0.378 e. The molecule has 0 radical (unpaired) electrons. The van der Waals surface area contributed by atoms with Gasteiger partial charge in [-0.05, 0) is 42.2 Å². The maximum atomic E-state index is 13.5. The Bertz CT molecular complexity index is 759. The number of benzene rings is 2. The number of nitrogens with zero attached hydrogens (tertiary/aromatic N) is 1. The molecule has 0 bridgehead atoms. The Kier molecular flexibility index (Phi) is 6.34. The van der Waals surface area contributed by atoms with Crippen LogP contribution in [0, 0.1) is 5.82 Å². The molecule has 0 heterocycles. The molecule has 0 aromatic heterocycles. The van der Waals surface area contributed by atoms with Gasteiger partial charge in [0.05, 0.1) is 5.75 Å². The average Bonchev–Trinajstić information content (AvgIpc) is 2.54. The first kappa shape index (κ1) is 18.4. The van der Waals surface area contributed by atoms with Crippen molar-refractivity contribution in [2.24, 2.45) is 0 Å². The lowest BCUT2D eigenvalue weighted by molar-refractivity contribution is 0.578. The second kappa shape index (κ2) is 8.26. The zero-order valence-electron chi connectivity index (χ0n) is 14.0. The van der Waals surface area contributed by atoms with E-state index in [9.17, 15) is 12.8 Å². The SMILES string of the molecule is CN(C)c1ccc(CCNS(=O)(=O)CCc2ccccc2F)cc1. The summed E-state index contributed by atoms with van der Waals surface area (Å²) in [5.41, 5.74) is 2.59. The summed E-state index contributed by atoms with van der Waals surface area (Å²) in [6, 6.07) is 14.2. The van der Waals surface area contributed by atoms with E-state index < -0.39 is 10.0 Å². The lowest BCUT2D eigenvalue weighted by Crippen LogP contribution is -2.29. The Balaban J connectivity index is 1.81. The van der Waals surface area contributed by atoms with E-state index in [1.54, 1.807) is 18.2 Å². The van der Waals surface area contributed by atoms with Gasteiger partial charge in [-0.1, -0.05) is 30.3 Å². The van der Waals surface area contributed by atoms with E-state index in [1.165, 1.54) is 6.07 Å². The highest BCUT2D eigenvalue weighted by atomic mass is 32.2. The number of rotatable bonds is 8. The van der Waals surface area contributed by atoms with E-state index in [-0.39, 0.29) is 18.0 Å². The molecule has 2 aromatic carbocycles. The first-order chi connectivity index (χ1) is 11.4. The predicted molar refractivity (Wildman–Crippen MR) is 96.4 cm³/mol. The average molecular weight is 350 g/mol. The number of nitrogens with one attached hydrogen (secondary N) is 1. The molecule has 0 saturated heterocycles. The number of halogens is 1. The molecule has 0 aliphatic heterocycles. The minimum Gasteiger partial charge on any atom is -0.378 e. The van der Waals surface area contributed by atoms with E-state index in [0.717, 1.165) is 11.3 Å². The second-order valence-corrected chi connectivity index (χ2v) is 7.79. The van der Waals surface area contributed by atoms with Gasteiger partial charge in [-0.3, -0.25) is 0 Å². The van der Waals surface area contributed by atoms with Gasteiger partial charge in [-0.25, -0.2) is 17.5 Å². The predicted octanol–water partition coefficient (Wildman–Crippen LogP) is 2.60. The summed E-state index contributed by atoms with van der Waals surface area (Å²) in [4.78, 5) is 2.01. The normalized spacial score (nSPS) is 11.5. The Morgan fingerprint density at radius 1 is 1.00 bits per heavy atom. The van der Waals surface area contributed by atoms with Gasteiger partial charge in [0.15, 0.2) is 0 Å². The molecule has 0 atom stereocenters. The molecule has 2 rings (SSSR count). The smallest absolute Gasteiger partial charge is 0.211 e. The standard InChI is InChI=1S/C18H23FN2O2S/c1-21(2)17-9-7-15(8-10-17)11-13-20-24(22,23)14-12-16-5-3-4-6-18(16)19/h3-10,20H,11-14H2,1-2H3. The Morgan fingerprint density at radius 2 is 1.67 bits per heavy atom. The molecular formula is C18H23FN2O2S. The summed E-state index contributed by atoms with van der Waals surface area (Å²) >= 11 is 0. The van der Waals surface area contributed by atoms with Gasteiger partial charge in [0.25, 0.3) is 0 Å². The van der Waals surface area contributed by atoms with Crippen molar-refractivity contribution in [2.75, 3.05) is 31.3 Å². The van der Waals surface area contributed by atoms with Crippen LogP contribution in [-0.4, -0.2) is 34.8 Å². The van der Waals surface area contributed by atoms with Crippen LogP contribution in [0.1, 0.15) is 11.1 Å². The lowest BCUT2D eigenvalue weighted by Gasteiger charge is -2.13. The highest BCUT2D eigenvalue weighted by Gasteiger charge is 2.11. The monoisotopic (exact) mass is 350 g/mol. The molecule has 0 fully saturated rings. The van der Waals surface area contributed by atoms with E-state index in [4.69, 9.17) is 0 Å². The third-order valence-corrected chi connectivity index (χ3v) is 5.17. The Labute approximate surface area is 143 Å². The van der Waals surface area contributed by atoms with Crippen molar-refractivity contribution in [1.29, 1.82) is 0 Å². The zero-order valence-corrected chi connectivity index (χ0v) is 14.8. The quantitative estimate of drug-likeness (QED) is 0.796. The molecule has 4 nitrogen and oxygen atoms in total. The summed E-state index contributed by atoms with van der Waals surface area (Å²) in [6.45, 7) is 0.334. The van der Waals surface area contributed by atoms with Crippen LogP contribution in [0.4, 0.5) is 10.1 Å². The minimum absolute atomic E-state index is 0.118. The van der Waals surface area contributed by atoms with E-state index >= 15 is 0 Å². The molecule has 1 N–H and O–H groups in total. The molecule has 6 heteroatoms. The van der Waals surface area contributed by atoms with Crippen molar-refractivity contribution in [3.05, 3.63) is 65.5 Å². The summed E-state index contributed by atoms with van der Waals surface area (Å²) < 4.78 is 40.1. The molecule has 24 heavy (non-hydrogen) atoms. The van der Waals surface area contributed by atoms with Crippen LogP contribution in [0.2, 0.25) is 0 Å². The van der Waals surface area contributed by atoms with Gasteiger partial charge >= 0.3 is 0 Å². The van der Waals surface area contributed by atoms with Crippen LogP contribution >= 0.6 is 0 Å². The van der Waals surface area contributed by atoms with Crippen molar-refractivity contribution in [2.45, 2.75) is 12.8 Å². The van der Waals surface area contributed by atoms with Gasteiger partial charge in [0.1, 0.15) is 5.82 Å². The number of anilines is 1. The fourth-order valence-electron chi connectivity index (χ4n) is 2.33. The van der Waals surface area contributed by atoms with Crippen molar-refractivity contribution >= 4 is 15.7 Å². The molecule has 0 unspecified atom stereocenters. The summed E-state index contributed by atoms with van der Waals surface area (Å²) in [6.07, 6.45) is 0.784. The van der Waals surface area contributed by atoms with Crippen LogP contribution in [0.15, 0.2) is 48.5 Å². The number of aryl methyl sites for hydroxylation is 1. The highest BCUT2D eigenvalue weighted by Crippen LogP contribution is 2.12. The van der Waals surface area contributed by atoms with Gasteiger partial charge in [0, 0.05) is 26.3 Å². The first-order valence-electron chi connectivity index (χ1n) is 7.84. The maximum absolute atomic E-state index is 13.5. The first-order valence-corrected chi connectivity index (χ1v) is 9.49. The van der Waals surface area contributed by atoms with Crippen molar-refractivity contribution < 1.29 is 12.8 Å². The van der Waals surface area contributed by atoms with E-state index in [0.29, 0.717) is 18.5 Å². The minimum atomic E-state index is -3.41. The topological polar surface area (TPSA) is 49.4 Å². The van der Waals surface area contributed by atoms with Crippen LogP contribution in [0.5, 0.6) is 0 Å². The Morgan fingerprint density at radius 3 is 2.29 bits per heavy atom. The van der Waals surface area contributed by atoms with Crippen LogP contribution in [0.25, 0.3) is 0 Å². The van der Waals surface area contributed by atoms with Gasteiger partial charge in [-0.15, -0.1) is 0 Å². The van der Waals surface area contributed by atoms with Gasteiger partial charge in [-0.2, -0.15) is 0 Å². The third kappa shape index (κ3) is 5.62.